The molecule has 4 aromatic rings. The van der Waals surface area contributed by atoms with E-state index in [2.05, 4.69) is 15.3 Å². The van der Waals surface area contributed by atoms with Gasteiger partial charge in [-0.15, -0.1) is 0 Å². The maximum Gasteiger partial charge on any atom is 0.490 e. The average molecular weight is 626 g/mol. The number of alkyl halides is 3. The number of aryl methyl sites for hydroxylation is 2. The molecule has 10 nitrogen and oxygen atoms in total. The molecule has 0 saturated carbocycles. The Labute approximate surface area is 245 Å². The molecular weight excluding hydrogens is 594 g/mol. The van der Waals surface area contributed by atoms with Gasteiger partial charge in [-0.05, 0) is 49.2 Å². The Bertz CT molecular complexity index is 1650. The van der Waals surface area contributed by atoms with Gasteiger partial charge in [-0.2, -0.15) is 13.2 Å². The topological polar surface area (TPSA) is 138 Å². The molecule has 3 N–H and O–H groups in total. The maximum absolute atomic E-state index is 13.4. The molecule has 0 spiro atoms. The van der Waals surface area contributed by atoms with Crippen LogP contribution in [0.25, 0.3) is 10.8 Å². The number of carboxylic acid groups (broad SMARTS) is 1. The van der Waals surface area contributed by atoms with Gasteiger partial charge in [-0.3, -0.25) is 4.98 Å². The van der Waals surface area contributed by atoms with E-state index in [1.54, 1.807) is 56.0 Å². The number of carbonyl (C=O) groups is 1. The number of sulfonamides is 1. The van der Waals surface area contributed by atoms with E-state index < -0.39 is 28.3 Å². The van der Waals surface area contributed by atoms with Gasteiger partial charge in [0.15, 0.2) is 0 Å². The fourth-order valence-corrected chi connectivity index (χ4v) is 5.57. The minimum atomic E-state index is -5.08. The second kappa shape index (κ2) is 14.4. The van der Waals surface area contributed by atoms with Crippen LogP contribution in [-0.4, -0.2) is 75.9 Å². The molecule has 232 valence electrons. The number of aromatic nitrogens is 3. The molecule has 2 aromatic carbocycles. The van der Waals surface area contributed by atoms with Crippen LogP contribution >= 0.6 is 0 Å². The predicted molar refractivity (Wildman–Crippen MR) is 151 cm³/mol. The summed E-state index contributed by atoms with van der Waals surface area (Å²) in [6.45, 7) is 3.16. The molecule has 0 radical (unpaired) electrons. The fraction of sp³-hybridized carbons (Fsp3) is 0.321. The van der Waals surface area contributed by atoms with Crippen LogP contribution in [0, 0.1) is 12.7 Å². The molecule has 0 bridgehead atoms. The van der Waals surface area contributed by atoms with Crippen LogP contribution in [-0.2, 0) is 27.8 Å². The minimum absolute atomic E-state index is 0.201. The molecule has 0 amide bonds. The van der Waals surface area contributed by atoms with E-state index in [4.69, 9.17) is 9.90 Å². The molecule has 15 heteroatoms. The van der Waals surface area contributed by atoms with Crippen LogP contribution in [0.4, 0.5) is 23.2 Å². The number of imidazole rings is 1. The van der Waals surface area contributed by atoms with Gasteiger partial charge in [0, 0.05) is 74.3 Å². The molecule has 0 aliphatic heterocycles. The summed E-state index contributed by atoms with van der Waals surface area (Å²) in [5, 5.41) is 21.9. The third-order valence-electron chi connectivity index (χ3n) is 6.39. The number of halogens is 4. The highest BCUT2D eigenvalue weighted by Gasteiger charge is 2.38. The van der Waals surface area contributed by atoms with Crippen LogP contribution in [0.15, 0.2) is 72.1 Å². The number of aliphatic hydroxyl groups is 1. The number of hydrogen-bond donors (Lipinski definition) is 3. The van der Waals surface area contributed by atoms with Crippen molar-refractivity contribution in [2.24, 2.45) is 0 Å². The van der Waals surface area contributed by atoms with E-state index >= 15 is 0 Å². The van der Waals surface area contributed by atoms with E-state index in [0.29, 0.717) is 41.5 Å². The molecule has 0 aliphatic rings. The van der Waals surface area contributed by atoms with Gasteiger partial charge in [-0.1, -0.05) is 12.1 Å². The first-order chi connectivity index (χ1) is 20.2. The highest BCUT2D eigenvalue weighted by atomic mass is 32.2. The van der Waals surface area contributed by atoms with Crippen molar-refractivity contribution >= 4 is 32.5 Å². The second-order valence-electron chi connectivity index (χ2n) is 9.55. The number of hydrogen-bond acceptors (Lipinski definition) is 7. The number of fused-ring (bicyclic) bond motifs is 1. The van der Waals surface area contributed by atoms with Crippen LogP contribution < -0.4 is 5.32 Å². The van der Waals surface area contributed by atoms with Gasteiger partial charge in [0.1, 0.15) is 11.6 Å². The van der Waals surface area contributed by atoms with Gasteiger partial charge < -0.3 is 20.1 Å². The average Bonchev–Trinajstić information content (AvgIpc) is 3.35. The lowest BCUT2D eigenvalue weighted by molar-refractivity contribution is -0.192. The number of nitrogens with one attached hydrogen (secondary N) is 1. The largest absolute Gasteiger partial charge is 0.490 e. The first-order valence-electron chi connectivity index (χ1n) is 13.0. The minimum Gasteiger partial charge on any atom is -0.475 e. The van der Waals surface area contributed by atoms with E-state index in [-0.39, 0.29) is 23.7 Å². The summed E-state index contributed by atoms with van der Waals surface area (Å²) in [6.07, 6.45) is 1.87. The summed E-state index contributed by atoms with van der Waals surface area (Å²) in [6, 6.07) is 11.1. The quantitative estimate of drug-likeness (QED) is 0.211. The summed E-state index contributed by atoms with van der Waals surface area (Å²) in [4.78, 5) is 17.5. The van der Waals surface area contributed by atoms with Crippen molar-refractivity contribution in [3.05, 3.63) is 84.5 Å². The van der Waals surface area contributed by atoms with Crippen molar-refractivity contribution in [2.45, 2.75) is 43.5 Å². The molecule has 43 heavy (non-hydrogen) atoms. The second-order valence-corrected chi connectivity index (χ2v) is 11.6. The summed E-state index contributed by atoms with van der Waals surface area (Å²) in [5.74, 6) is -2.21. The SMILES string of the molecule is Cc1nccn1CCCN(C)S(=O)(=O)c1ccc(NCC(O)Cc2cccc(F)c2)c2cnccc12.O=C(O)C(F)(F)F. The van der Waals surface area contributed by atoms with Gasteiger partial charge in [-0.25, -0.2) is 26.9 Å². The van der Waals surface area contributed by atoms with E-state index in [1.165, 1.54) is 16.4 Å². The Kier molecular flexibility index (Phi) is 11.2. The van der Waals surface area contributed by atoms with Crippen molar-refractivity contribution in [3.8, 4) is 0 Å². The summed E-state index contributed by atoms with van der Waals surface area (Å²) < 4.78 is 75.3. The fourth-order valence-electron chi connectivity index (χ4n) is 4.17. The summed E-state index contributed by atoms with van der Waals surface area (Å²) in [5.41, 5.74) is 1.36. The van der Waals surface area contributed by atoms with Gasteiger partial charge >= 0.3 is 12.1 Å². The lowest BCUT2D eigenvalue weighted by Gasteiger charge is -2.20. The van der Waals surface area contributed by atoms with E-state index in [9.17, 15) is 31.1 Å². The van der Waals surface area contributed by atoms with Crippen LogP contribution in [0.2, 0.25) is 0 Å². The van der Waals surface area contributed by atoms with Crippen molar-refractivity contribution in [1.29, 1.82) is 0 Å². The van der Waals surface area contributed by atoms with Crippen LogP contribution in [0.3, 0.4) is 0 Å². The lowest BCUT2D eigenvalue weighted by Crippen LogP contribution is -2.29. The summed E-state index contributed by atoms with van der Waals surface area (Å²) in [7, 11) is -2.16. The molecule has 1 atom stereocenters. The van der Waals surface area contributed by atoms with E-state index in [1.807, 2.05) is 17.7 Å². The number of aliphatic carboxylic acids is 1. The molecular formula is C28H31F4N5O5S. The molecule has 1 unspecified atom stereocenters. The zero-order valence-electron chi connectivity index (χ0n) is 23.3. The van der Waals surface area contributed by atoms with Crippen molar-refractivity contribution < 1.29 is 41.0 Å². The number of pyridine rings is 1. The predicted octanol–water partition coefficient (Wildman–Crippen LogP) is 4.24. The lowest BCUT2D eigenvalue weighted by atomic mass is 10.1. The molecule has 0 aliphatic carbocycles. The smallest absolute Gasteiger partial charge is 0.475 e. The molecule has 0 fully saturated rings. The number of benzene rings is 2. The van der Waals surface area contributed by atoms with Crippen LogP contribution in [0.5, 0.6) is 0 Å². The van der Waals surface area contributed by atoms with Gasteiger partial charge in [0.05, 0.1) is 11.0 Å². The van der Waals surface area contributed by atoms with Gasteiger partial charge in [0.25, 0.3) is 0 Å². The zero-order chi connectivity index (χ0) is 31.8. The van der Waals surface area contributed by atoms with Crippen molar-refractivity contribution in [3.63, 3.8) is 0 Å². The molecule has 2 aromatic heterocycles. The van der Waals surface area contributed by atoms with Gasteiger partial charge in [0.2, 0.25) is 10.0 Å². The Balaban J connectivity index is 0.000000646. The molecule has 4 rings (SSSR count). The third-order valence-corrected chi connectivity index (χ3v) is 8.31. The Hall–Kier alpha value is -4.08. The standard InChI is InChI=1S/C26H30FN5O3S.C2HF3O2/c1-19-29-11-14-32(19)13-4-12-31(2)36(34,35)26-8-7-25(24-18-28-10-9-23(24)26)30-17-22(33)16-20-5-3-6-21(27)15-20;3-2(4,5)1(6)7/h3,5-11,14-15,18,22,30,33H,4,12-13,16-17H2,1-2H3;(H,6,7). The number of nitrogens with zero attached hydrogens (tertiary/aromatic N) is 4. The summed E-state index contributed by atoms with van der Waals surface area (Å²) >= 11 is 0. The Morgan fingerprint density at radius 1 is 1.14 bits per heavy atom. The monoisotopic (exact) mass is 625 g/mol. The third kappa shape index (κ3) is 9.20. The Morgan fingerprint density at radius 3 is 2.49 bits per heavy atom. The molecule has 0 saturated heterocycles. The van der Waals surface area contributed by atoms with Crippen molar-refractivity contribution in [2.75, 3.05) is 25.5 Å². The maximum atomic E-state index is 13.4. The Morgan fingerprint density at radius 2 is 1.86 bits per heavy atom. The molecule has 2 heterocycles. The first-order valence-corrected chi connectivity index (χ1v) is 14.4. The van der Waals surface area contributed by atoms with Crippen LogP contribution in [0.1, 0.15) is 17.8 Å². The highest BCUT2D eigenvalue weighted by molar-refractivity contribution is 7.89. The highest BCUT2D eigenvalue weighted by Crippen LogP contribution is 2.30. The normalized spacial score (nSPS) is 12.6. The first kappa shape index (κ1) is 33.4. The number of anilines is 1. The van der Waals surface area contributed by atoms with Crippen molar-refractivity contribution in [1.82, 2.24) is 18.8 Å². The zero-order valence-corrected chi connectivity index (χ0v) is 24.1. The number of aliphatic hydroxyl groups excluding tert-OH is 1. The number of rotatable bonds is 11. The number of carboxylic acids is 1. The van der Waals surface area contributed by atoms with E-state index in [0.717, 1.165) is 5.82 Å².